The van der Waals surface area contributed by atoms with Crippen LogP contribution in [-0.4, -0.2) is 15.9 Å². The van der Waals surface area contributed by atoms with Crippen LogP contribution in [0.5, 0.6) is 0 Å². The molecule has 0 saturated carbocycles. The molecule has 1 aromatic carbocycles. The van der Waals surface area contributed by atoms with Crippen molar-refractivity contribution >= 4 is 23.2 Å². The van der Waals surface area contributed by atoms with Crippen molar-refractivity contribution in [2.24, 2.45) is 0 Å². The standard InChI is InChI=1S/C15H10ClN3O2/c16-14-12(2-1-7-18-14)15(20)19-11-5-3-10(4-6-11)13-8-17-9-21-13/h1-9H,(H,19,20). The summed E-state index contributed by atoms with van der Waals surface area (Å²) in [6.07, 6.45) is 4.53. The first kappa shape index (κ1) is 13.3. The molecule has 21 heavy (non-hydrogen) atoms. The number of hydrogen-bond donors (Lipinski definition) is 1. The molecule has 0 radical (unpaired) electrons. The van der Waals surface area contributed by atoms with Crippen LogP contribution in [0.3, 0.4) is 0 Å². The van der Waals surface area contributed by atoms with Gasteiger partial charge in [0.25, 0.3) is 5.91 Å². The molecule has 3 rings (SSSR count). The van der Waals surface area contributed by atoms with Crippen LogP contribution in [0.15, 0.2) is 59.6 Å². The first-order valence-electron chi connectivity index (χ1n) is 6.15. The van der Waals surface area contributed by atoms with Crippen molar-refractivity contribution in [3.63, 3.8) is 0 Å². The molecule has 6 heteroatoms. The SMILES string of the molecule is O=C(Nc1ccc(-c2cnco2)cc1)c1cccnc1Cl. The van der Waals surface area contributed by atoms with E-state index in [2.05, 4.69) is 15.3 Å². The monoisotopic (exact) mass is 299 g/mol. The van der Waals surface area contributed by atoms with E-state index in [9.17, 15) is 4.79 Å². The van der Waals surface area contributed by atoms with E-state index in [1.54, 1.807) is 30.5 Å². The summed E-state index contributed by atoms with van der Waals surface area (Å²) in [6.45, 7) is 0. The number of carbonyl (C=O) groups is 1. The van der Waals surface area contributed by atoms with Crippen molar-refractivity contribution in [2.45, 2.75) is 0 Å². The van der Waals surface area contributed by atoms with Gasteiger partial charge in [0, 0.05) is 17.4 Å². The van der Waals surface area contributed by atoms with Gasteiger partial charge in [-0.2, -0.15) is 0 Å². The molecule has 5 nitrogen and oxygen atoms in total. The van der Waals surface area contributed by atoms with Gasteiger partial charge in [-0.25, -0.2) is 9.97 Å². The zero-order valence-electron chi connectivity index (χ0n) is 10.8. The van der Waals surface area contributed by atoms with E-state index in [1.807, 2.05) is 12.1 Å². The Morgan fingerprint density at radius 1 is 1.19 bits per heavy atom. The fraction of sp³-hybridized carbons (Fsp3) is 0. The molecule has 0 aliphatic carbocycles. The van der Waals surface area contributed by atoms with E-state index in [-0.39, 0.29) is 11.1 Å². The van der Waals surface area contributed by atoms with Gasteiger partial charge in [-0.1, -0.05) is 11.6 Å². The Bertz CT molecular complexity index is 755. The average molecular weight is 300 g/mol. The van der Waals surface area contributed by atoms with Crippen molar-refractivity contribution in [3.05, 3.63) is 65.9 Å². The number of hydrogen-bond acceptors (Lipinski definition) is 4. The predicted molar refractivity (Wildman–Crippen MR) is 79.1 cm³/mol. The number of benzene rings is 1. The lowest BCUT2D eigenvalue weighted by atomic mass is 10.1. The van der Waals surface area contributed by atoms with Crippen molar-refractivity contribution < 1.29 is 9.21 Å². The number of nitrogens with zero attached hydrogens (tertiary/aromatic N) is 2. The summed E-state index contributed by atoms with van der Waals surface area (Å²) >= 11 is 5.89. The van der Waals surface area contributed by atoms with Crippen LogP contribution in [0.2, 0.25) is 5.15 Å². The molecule has 0 atom stereocenters. The first-order valence-corrected chi connectivity index (χ1v) is 6.52. The van der Waals surface area contributed by atoms with E-state index in [4.69, 9.17) is 16.0 Å². The van der Waals surface area contributed by atoms with E-state index >= 15 is 0 Å². The highest BCUT2D eigenvalue weighted by molar-refractivity contribution is 6.33. The maximum Gasteiger partial charge on any atom is 0.258 e. The number of amides is 1. The lowest BCUT2D eigenvalue weighted by Crippen LogP contribution is -2.12. The van der Waals surface area contributed by atoms with Crippen LogP contribution in [0, 0.1) is 0 Å². The Hall–Kier alpha value is -2.66. The Kier molecular flexibility index (Phi) is 3.66. The second kappa shape index (κ2) is 5.76. The lowest BCUT2D eigenvalue weighted by Gasteiger charge is -2.06. The molecule has 2 aromatic heterocycles. The third-order valence-electron chi connectivity index (χ3n) is 2.86. The molecule has 1 N–H and O–H groups in total. The maximum atomic E-state index is 12.1. The van der Waals surface area contributed by atoms with E-state index in [0.29, 0.717) is 17.0 Å². The van der Waals surface area contributed by atoms with Crippen LogP contribution in [0.25, 0.3) is 11.3 Å². The topological polar surface area (TPSA) is 68.0 Å². The molecule has 104 valence electrons. The summed E-state index contributed by atoms with van der Waals surface area (Å²) in [5, 5.41) is 2.94. The van der Waals surface area contributed by atoms with Gasteiger partial charge in [0.2, 0.25) is 0 Å². The molecule has 0 saturated heterocycles. The number of rotatable bonds is 3. The average Bonchev–Trinajstić information content (AvgIpc) is 3.02. The molecular formula is C15H10ClN3O2. The number of aromatic nitrogens is 2. The van der Waals surface area contributed by atoms with E-state index in [1.165, 1.54) is 12.6 Å². The fourth-order valence-electron chi connectivity index (χ4n) is 1.83. The summed E-state index contributed by atoms with van der Waals surface area (Å²) in [5.41, 5.74) is 1.87. The Labute approximate surface area is 125 Å². The van der Waals surface area contributed by atoms with Crippen molar-refractivity contribution in [3.8, 4) is 11.3 Å². The van der Waals surface area contributed by atoms with E-state index < -0.39 is 0 Å². The molecular weight excluding hydrogens is 290 g/mol. The molecule has 0 bridgehead atoms. The Balaban J connectivity index is 1.77. The van der Waals surface area contributed by atoms with E-state index in [0.717, 1.165) is 5.56 Å². The number of oxazole rings is 1. The van der Waals surface area contributed by atoms with Crippen LogP contribution in [-0.2, 0) is 0 Å². The number of halogens is 1. The highest BCUT2D eigenvalue weighted by atomic mass is 35.5. The zero-order valence-corrected chi connectivity index (χ0v) is 11.5. The summed E-state index contributed by atoms with van der Waals surface area (Å²) in [7, 11) is 0. The minimum absolute atomic E-state index is 0.174. The second-order valence-electron chi connectivity index (χ2n) is 4.24. The molecule has 0 aliphatic rings. The largest absolute Gasteiger partial charge is 0.444 e. The quantitative estimate of drug-likeness (QED) is 0.750. The minimum atomic E-state index is -0.305. The maximum absolute atomic E-state index is 12.1. The van der Waals surface area contributed by atoms with Gasteiger partial charge < -0.3 is 9.73 Å². The Morgan fingerprint density at radius 3 is 2.67 bits per heavy atom. The summed E-state index contributed by atoms with van der Waals surface area (Å²) in [4.78, 5) is 19.8. The molecule has 0 unspecified atom stereocenters. The van der Waals surface area contributed by atoms with Crippen LogP contribution in [0.1, 0.15) is 10.4 Å². The molecule has 0 spiro atoms. The fourth-order valence-corrected chi connectivity index (χ4v) is 2.04. The van der Waals surface area contributed by atoms with Gasteiger partial charge in [-0.3, -0.25) is 4.79 Å². The second-order valence-corrected chi connectivity index (χ2v) is 4.60. The van der Waals surface area contributed by atoms with Crippen molar-refractivity contribution in [2.75, 3.05) is 5.32 Å². The van der Waals surface area contributed by atoms with Crippen LogP contribution < -0.4 is 5.32 Å². The highest BCUT2D eigenvalue weighted by Gasteiger charge is 2.11. The van der Waals surface area contributed by atoms with Crippen LogP contribution in [0.4, 0.5) is 5.69 Å². The molecule has 0 fully saturated rings. The predicted octanol–water partition coefficient (Wildman–Crippen LogP) is 3.64. The zero-order chi connectivity index (χ0) is 14.7. The van der Waals surface area contributed by atoms with Gasteiger partial charge in [-0.05, 0) is 36.4 Å². The molecule has 0 aliphatic heterocycles. The number of pyridine rings is 1. The van der Waals surface area contributed by atoms with Gasteiger partial charge in [0.05, 0.1) is 11.8 Å². The van der Waals surface area contributed by atoms with Gasteiger partial charge >= 0.3 is 0 Å². The van der Waals surface area contributed by atoms with Crippen molar-refractivity contribution in [1.29, 1.82) is 0 Å². The lowest BCUT2D eigenvalue weighted by molar-refractivity contribution is 0.102. The normalized spacial score (nSPS) is 10.3. The van der Waals surface area contributed by atoms with Gasteiger partial charge in [0.15, 0.2) is 12.2 Å². The first-order chi connectivity index (χ1) is 10.2. The smallest absolute Gasteiger partial charge is 0.258 e. The summed E-state index contributed by atoms with van der Waals surface area (Å²) in [5.74, 6) is 0.365. The number of nitrogens with one attached hydrogen (secondary N) is 1. The van der Waals surface area contributed by atoms with Crippen LogP contribution >= 0.6 is 11.6 Å². The summed E-state index contributed by atoms with van der Waals surface area (Å²) in [6, 6.07) is 10.5. The third kappa shape index (κ3) is 2.93. The third-order valence-corrected chi connectivity index (χ3v) is 3.16. The van der Waals surface area contributed by atoms with Crippen molar-refractivity contribution in [1.82, 2.24) is 9.97 Å². The number of carbonyl (C=O) groups excluding carboxylic acids is 1. The summed E-state index contributed by atoms with van der Waals surface area (Å²) < 4.78 is 5.20. The van der Waals surface area contributed by atoms with Gasteiger partial charge in [-0.15, -0.1) is 0 Å². The highest BCUT2D eigenvalue weighted by Crippen LogP contribution is 2.21. The molecule has 3 aromatic rings. The number of anilines is 1. The molecule has 1 amide bonds. The molecule has 2 heterocycles. The van der Waals surface area contributed by atoms with Gasteiger partial charge in [0.1, 0.15) is 5.15 Å². The minimum Gasteiger partial charge on any atom is -0.444 e. The Morgan fingerprint density at radius 2 is 2.00 bits per heavy atom.